The minimum Gasteiger partial charge on any atom is -0.365 e. The van der Waals surface area contributed by atoms with Crippen molar-refractivity contribution < 1.29 is 0 Å². The summed E-state index contributed by atoms with van der Waals surface area (Å²) in [6, 6.07) is 10.0. The summed E-state index contributed by atoms with van der Waals surface area (Å²) >= 11 is 0. The van der Waals surface area contributed by atoms with Crippen molar-refractivity contribution in [2.45, 2.75) is 25.8 Å². The number of nitrogens with zero attached hydrogens (tertiary/aromatic N) is 2. The number of nitrogens with one attached hydrogen (secondary N) is 1. The van der Waals surface area contributed by atoms with E-state index in [1.165, 1.54) is 5.69 Å². The van der Waals surface area contributed by atoms with Crippen LogP contribution >= 0.6 is 0 Å². The molecule has 3 heteroatoms. The molecule has 0 unspecified atom stereocenters. The molecule has 0 bridgehead atoms. The van der Waals surface area contributed by atoms with Gasteiger partial charge in [0, 0.05) is 24.3 Å². The summed E-state index contributed by atoms with van der Waals surface area (Å²) in [6.45, 7) is 7.65. The smallest absolute Gasteiger partial charge is 0.0991 e. The molecule has 0 spiro atoms. The van der Waals surface area contributed by atoms with Crippen molar-refractivity contribution in [1.82, 2.24) is 5.32 Å². The number of benzene rings is 1. The van der Waals surface area contributed by atoms with E-state index in [9.17, 15) is 0 Å². The minimum absolute atomic E-state index is 0.164. The molecule has 0 aliphatic carbocycles. The molecule has 0 atom stereocenters. The van der Waals surface area contributed by atoms with E-state index in [2.05, 4.69) is 30.1 Å². The van der Waals surface area contributed by atoms with E-state index in [-0.39, 0.29) is 5.54 Å². The van der Waals surface area contributed by atoms with Crippen molar-refractivity contribution in [1.29, 1.82) is 5.26 Å². The van der Waals surface area contributed by atoms with Gasteiger partial charge in [-0.3, -0.25) is 0 Å². The lowest BCUT2D eigenvalue weighted by atomic mass is 9.97. The van der Waals surface area contributed by atoms with Crippen LogP contribution in [0.1, 0.15) is 25.8 Å². The van der Waals surface area contributed by atoms with E-state index in [1.54, 1.807) is 0 Å². The first-order valence-electron chi connectivity index (χ1n) is 6.12. The highest BCUT2D eigenvalue weighted by atomic mass is 15.2. The third-order valence-electron chi connectivity index (χ3n) is 3.46. The fourth-order valence-corrected chi connectivity index (χ4v) is 2.34. The Labute approximate surface area is 103 Å². The molecule has 2 rings (SSSR count). The molecule has 1 fully saturated rings. The van der Waals surface area contributed by atoms with Gasteiger partial charge in [-0.05, 0) is 51.1 Å². The Kier molecular flexibility index (Phi) is 3.35. The Morgan fingerprint density at radius 1 is 1.24 bits per heavy atom. The molecule has 1 aromatic carbocycles. The summed E-state index contributed by atoms with van der Waals surface area (Å²) < 4.78 is 0. The van der Waals surface area contributed by atoms with Crippen molar-refractivity contribution in [3.63, 3.8) is 0 Å². The second-order valence-corrected chi connectivity index (χ2v) is 5.12. The molecular weight excluding hydrogens is 210 g/mol. The van der Waals surface area contributed by atoms with E-state index in [1.807, 2.05) is 24.3 Å². The highest BCUT2D eigenvalue weighted by Gasteiger charge is 2.28. The van der Waals surface area contributed by atoms with E-state index >= 15 is 0 Å². The molecule has 0 saturated carbocycles. The molecule has 0 radical (unpaired) electrons. The Hall–Kier alpha value is -1.53. The van der Waals surface area contributed by atoms with E-state index < -0.39 is 0 Å². The molecule has 90 valence electrons. The normalized spacial score (nSPS) is 19.5. The van der Waals surface area contributed by atoms with Crippen LogP contribution in [0.15, 0.2) is 24.3 Å². The van der Waals surface area contributed by atoms with Crippen LogP contribution in [0.2, 0.25) is 0 Å². The second-order valence-electron chi connectivity index (χ2n) is 5.12. The minimum atomic E-state index is 0.164. The van der Waals surface area contributed by atoms with Crippen LogP contribution < -0.4 is 10.2 Å². The monoisotopic (exact) mass is 229 g/mol. The molecule has 1 aliphatic rings. The van der Waals surface area contributed by atoms with Gasteiger partial charge in [0.25, 0.3) is 0 Å². The maximum absolute atomic E-state index is 8.81. The van der Waals surface area contributed by atoms with Gasteiger partial charge in [-0.25, -0.2) is 0 Å². The van der Waals surface area contributed by atoms with Crippen LogP contribution in [0.3, 0.4) is 0 Å². The molecule has 1 aliphatic heterocycles. The Bertz CT molecular complexity index is 414. The first-order valence-corrected chi connectivity index (χ1v) is 6.12. The van der Waals surface area contributed by atoms with Gasteiger partial charge in [-0.1, -0.05) is 0 Å². The first-order chi connectivity index (χ1) is 8.13. The molecule has 1 aromatic rings. The van der Waals surface area contributed by atoms with Gasteiger partial charge in [0.05, 0.1) is 11.6 Å². The predicted molar refractivity (Wildman–Crippen MR) is 70.1 cm³/mol. The van der Waals surface area contributed by atoms with E-state index in [0.29, 0.717) is 0 Å². The van der Waals surface area contributed by atoms with Crippen LogP contribution in [-0.2, 0) is 0 Å². The van der Waals surface area contributed by atoms with Gasteiger partial charge in [-0.15, -0.1) is 0 Å². The van der Waals surface area contributed by atoms with Gasteiger partial charge in [0.1, 0.15) is 0 Å². The van der Waals surface area contributed by atoms with Gasteiger partial charge < -0.3 is 10.2 Å². The fourth-order valence-electron chi connectivity index (χ4n) is 2.34. The van der Waals surface area contributed by atoms with Gasteiger partial charge in [-0.2, -0.15) is 5.26 Å². The molecular formula is C14H19N3. The van der Waals surface area contributed by atoms with E-state index in [4.69, 9.17) is 5.26 Å². The Morgan fingerprint density at radius 3 is 2.59 bits per heavy atom. The maximum atomic E-state index is 8.81. The zero-order valence-electron chi connectivity index (χ0n) is 10.5. The second kappa shape index (κ2) is 4.77. The van der Waals surface area contributed by atoms with Crippen molar-refractivity contribution in [2.24, 2.45) is 0 Å². The summed E-state index contributed by atoms with van der Waals surface area (Å²) in [5.74, 6) is 0. The Balaban J connectivity index is 2.26. The van der Waals surface area contributed by atoms with Crippen molar-refractivity contribution in [2.75, 3.05) is 24.5 Å². The van der Waals surface area contributed by atoms with Crippen LogP contribution in [0.5, 0.6) is 0 Å². The van der Waals surface area contributed by atoms with Crippen LogP contribution in [-0.4, -0.2) is 25.2 Å². The average molecular weight is 229 g/mol. The molecule has 0 amide bonds. The summed E-state index contributed by atoms with van der Waals surface area (Å²) in [5, 5.41) is 12.2. The fraction of sp³-hybridized carbons (Fsp3) is 0.500. The topological polar surface area (TPSA) is 39.1 Å². The molecule has 1 saturated heterocycles. The first kappa shape index (κ1) is 11.9. The summed E-state index contributed by atoms with van der Waals surface area (Å²) in [5.41, 5.74) is 2.09. The molecule has 1 N–H and O–H groups in total. The molecule has 1 heterocycles. The largest absolute Gasteiger partial charge is 0.365 e. The number of anilines is 1. The average Bonchev–Trinajstić information content (AvgIpc) is 2.50. The van der Waals surface area contributed by atoms with Gasteiger partial charge in [0.2, 0.25) is 0 Å². The lowest BCUT2D eigenvalue weighted by Crippen LogP contribution is -2.44. The molecule has 0 aromatic heterocycles. The quantitative estimate of drug-likeness (QED) is 0.802. The third-order valence-corrected chi connectivity index (χ3v) is 3.46. The number of hydrogen-bond donors (Lipinski definition) is 1. The number of hydrogen-bond acceptors (Lipinski definition) is 3. The SMILES string of the molecule is CC1(C)CCNCCN1c1ccc(C#N)cc1. The van der Waals surface area contributed by atoms with Crippen LogP contribution in [0, 0.1) is 11.3 Å². The standard InChI is InChI=1S/C14H19N3/c1-14(2)7-8-16-9-10-17(14)13-5-3-12(11-15)4-6-13/h3-6,16H,7-10H2,1-2H3. The zero-order chi connectivity index (χ0) is 12.3. The van der Waals surface area contributed by atoms with Crippen molar-refractivity contribution in [3.8, 4) is 6.07 Å². The summed E-state index contributed by atoms with van der Waals surface area (Å²) in [6.07, 6.45) is 1.13. The summed E-state index contributed by atoms with van der Waals surface area (Å²) in [7, 11) is 0. The van der Waals surface area contributed by atoms with Crippen LogP contribution in [0.4, 0.5) is 5.69 Å². The Morgan fingerprint density at radius 2 is 1.94 bits per heavy atom. The molecule has 3 nitrogen and oxygen atoms in total. The van der Waals surface area contributed by atoms with Gasteiger partial charge in [0.15, 0.2) is 0 Å². The highest BCUT2D eigenvalue weighted by molar-refractivity contribution is 5.51. The lowest BCUT2D eigenvalue weighted by Gasteiger charge is -2.38. The van der Waals surface area contributed by atoms with Crippen molar-refractivity contribution >= 4 is 5.69 Å². The van der Waals surface area contributed by atoms with Crippen LogP contribution in [0.25, 0.3) is 0 Å². The van der Waals surface area contributed by atoms with E-state index in [0.717, 1.165) is 31.6 Å². The number of rotatable bonds is 1. The zero-order valence-corrected chi connectivity index (χ0v) is 10.5. The summed E-state index contributed by atoms with van der Waals surface area (Å²) in [4.78, 5) is 2.42. The predicted octanol–water partition coefficient (Wildman–Crippen LogP) is 2.14. The third kappa shape index (κ3) is 2.59. The highest BCUT2D eigenvalue weighted by Crippen LogP contribution is 2.27. The van der Waals surface area contributed by atoms with Crippen molar-refractivity contribution in [3.05, 3.63) is 29.8 Å². The molecule has 17 heavy (non-hydrogen) atoms. The number of nitriles is 1. The maximum Gasteiger partial charge on any atom is 0.0991 e. The van der Waals surface area contributed by atoms with Gasteiger partial charge >= 0.3 is 0 Å². The lowest BCUT2D eigenvalue weighted by molar-refractivity contribution is 0.454.